The summed E-state index contributed by atoms with van der Waals surface area (Å²) in [5, 5.41) is 13.5. The van der Waals surface area contributed by atoms with E-state index in [1.807, 2.05) is 0 Å². The molecule has 1 aromatic carbocycles. The first kappa shape index (κ1) is 8.19. The Hall–Kier alpha value is -1.42. The molecule has 1 N–H and O–H groups in total. The van der Waals surface area contributed by atoms with Crippen molar-refractivity contribution in [2.24, 2.45) is 0 Å². The minimum Gasteiger partial charge on any atom is -0.394 e. The van der Waals surface area contributed by atoms with Crippen LogP contribution in [0.25, 0.3) is 10.9 Å². The molecule has 0 bridgehead atoms. The van der Waals surface area contributed by atoms with E-state index in [0.717, 1.165) is 5.39 Å². The van der Waals surface area contributed by atoms with Crippen LogP contribution in [-0.2, 0) is 6.54 Å². The topological polar surface area (TPSA) is 38.0 Å². The van der Waals surface area contributed by atoms with Gasteiger partial charge in [-0.2, -0.15) is 5.10 Å². The molecular formula is C9H8FN2O. The van der Waals surface area contributed by atoms with E-state index in [4.69, 9.17) is 5.11 Å². The maximum atomic E-state index is 12.8. The van der Waals surface area contributed by atoms with Gasteiger partial charge in [0.2, 0.25) is 0 Å². The third-order valence-electron chi connectivity index (χ3n) is 1.85. The molecule has 0 spiro atoms. The highest BCUT2D eigenvalue weighted by Gasteiger charge is 2.02. The molecule has 1 radical (unpaired) electrons. The molecule has 2 aromatic rings. The summed E-state index contributed by atoms with van der Waals surface area (Å²) in [4.78, 5) is 0. The van der Waals surface area contributed by atoms with Gasteiger partial charge < -0.3 is 5.11 Å². The highest BCUT2D eigenvalue weighted by molar-refractivity contribution is 5.78. The molecule has 3 nitrogen and oxygen atoms in total. The summed E-state index contributed by atoms with van der Waals surface area (Å²) in [7, 11) is 0. The standard InChI is InChI=1S/C9H8FN2O/c10-8-2-1-7-6-11-12(3-4-13)9(7)5-8/h1,5-6,13H,3-4H2. The number of aliphatic hydroxyl groups is 1. The molecule has 1 heterocycles. The maximum absolute atomic E-state index is 12.8. The van der Waals surface area contributed by atoms with Crippen LogP contribution in [0.5, 0.6) is 0 Å². The molecule has 0 saturated carbocycles. The molecule has 0 aliphatic heterocycles. The van der Waals surface area contributed by atoms with Crippen LogP contribution in [0.2, 0.25) is 0 Å². The SMILES string of the molecule is OCCn1ncc2c[c]c(F)cc21. The largest absolute Gasteiger partial charge is 0.394 e. The number of hydrogen-bond donors (Lipinski definition) is 1. The van der Waals surface area contributed by atoms with Crippen LogP contribution in [0, 0.1) is 11.9 Å². The fourth-order valence-corrected chi connectivity index (χ4v) is 1.26. The first-order valence-electron chi connectivity index (χ1n) is 3.95. The van der Waals surface area contributed by atoms with Gasteiger partial charge in [0.25, 0.3) is 0 Å². The van der Waals surface area contributed by atoms with Crippen molar-refractivity contribution >= 4 is 10.9 Å². The van der Waals surface area contributed by atoms with E-state index in [-0.39, 0.29) is 6.61 Å². The number of aromatic nitrogens is 2. The number of fused-ring (bicyclic) bond motifs is 1. The zero-order valence-corrected chi connectivity index (χ0v) is 6.87. The van der Waals surface area contributed by atoms with E-state index in [1.54, 1.807) is 16.9 Å². The van der Waals surface area contributed by atoms with E-state index >= 15 is 0 Å². The second-order valence-corrected chi connectivity index (χ2v) is 2.71. The molecule has 67 valence electrons. The lowest BCUT2D eigenvalue weighted by molar-refractivity contribution is 0.271. The summed E-state index contributed by atoms with van der Waals surface area (Å²) < 4.78 is 14.3. The lowest BCUT2D eigenvalue weighted by Crippen LogP contribution is -2.03. The Balaban J connectivity index is 2.58. The zero-order chi connectivity index (χ0) is 9.26. The highest BCUT2D eigenvalue weighted by atomic mass is 19.1. The van der Waals surface area contributed by atoms with Crippen molar-refractivity contribution in [2.75, 3.05) is 6.61 Å². The third-order valence-corrected chi connectivity index (χ3v) is 1.85. The molecule has 0 fully saturated rings. The van der Waals surface area contributed by atoms with Crippen molar-refractivity contribution in [1.82, 2.24) is 9.78 Å². The van der Waals surface area contributed by atoms with Gasteiger partial charge in [-0.25, -0.2) is 4.39 Å². The molecule has 0 aliphatic carbocycles. The van der Waals surface area contributed by atoms with Crippen LogP contribution < -0.4 is 0 Å². The van der Waals surface area contributed by atoms with Gasteiger partial charge in [0.15, 0.2) is 0 Å². The smallest absolute Gasteiger partial charge is 0.133 e. The second kappa shape index (κ2) is 3.14. The number of halogens is 1. The van der Waals surface area contributed by atoms with Crippen LogP contribution in [0.4, 0.5) is 4.39 Å². The Bertz CT molecular complexity index is 424. The molecule has 13 heavy (non-hydrogen) atoms. The molecule has 2 rings (SSSR count). The van der Waals surface area contributed by atoms with Crippen molar-refractivity contribution in [3.63, 3.8) is 0 Å². The lowest BCUT2D eigenvalue weighted by Gasteiger charge is -1.99. The first-order valence-corrected chi connectivity index (χ1v) is 3.95. The number of benzene rings is 1. The van der Waals surface area contributed by atoms with Crippen LogP contribution in [0.3, 0.4) is 0 Å². The van der Waals surface area contributed by atoms with Gasteiger partial charge in [0.05, 0.1) is 24.9 Å². The molecule has 4 heteroatoms. The van der Waals surface area contributed by atoms with E-state index < -0.39 is 5.82 Å². The van der Waals surface area contributed by atoms with E-state index in [0.29, 0.717) is 12.1 Å². The van der Waals surface area contributed by atoms with Crippen molar-refractivity contribution in [1.29, 1.82) is 0 Å². The average Bonchev–Trinajstić information content (AvgIpc) is 2.49. The normalized spacial score (nSPS) is 10.9. The van der Waals surface area contributed by atoms with Gasteiger partial charge in [-0.3, -0.25) is 4.68 Å². The predicted molar refractivity (Wildman–Crippen MR) is 45.6 cm³/mol. The van der Waals surface area contributed by atoms with Gasteiger partial charge in [0, 0.05) is 17.5 Å². The summed E-state index contributed by atoms with van der Waals surface area (Å²) >= 11 is 0. The highest BCUT2D eigenvalue weighted by Crippen LogP contribution is 2.13. The Kier molecular flexibility index (Phi) is 1.98. The zero-order valence-electron chi connectivity index (χ0n) is 6.87. The van der Waals surface area contributed by atoms with E-state index in [2.05, 4.69) is 11.2 Å². The Labute approximate surface area is 74.4 Å². The van der Waals surface area contributed by atoms with Crippen molar-refractivity contribution in [2.45, 2.75) is 6.54 Å². The van der Waals surface area contributed by atoms with Crippen LogP contribution in [0.15, 0.2) is 18.3 Å². The molecular weight excluding hydrogens is 171 g/mol. The Morgan fingerprint density at radius 2 is 2.46 bits per heavy atom. The van der Waals surface area contributed by atoms with Gasteiger partial charge in [-0.05, 0) is 6.07 Å². The monoisotopic (exact) mass is 179 g/mol. The van der Waals surface area contributed by atoms with Crippen molar-refractivity contribution in [3.8, 4) is 0 Å². The average molecular weight is 179 g/mol. The predicted octanol–water partition coefficient (Wildman–Crippen LogP) is 0.968. The summed E-state index contributed by atoms with van der Waals surface area (Å²) in [5.41, 5.74) is 0.685. The molecule has 0 saturated heterocycles. The van der Waals surface area contributed by atoms with Gasteiger partial charge in [0.1, 0.15) is 5.82 Å². The maximum Gasteiger partial charge on any atom is 0.133 e. The minimum absolute atomic E-state index is 0.00297. The van der Waals surface area contributed by atoms with Gasteiger partial charge in [-0.15, -0.1) is 0 Å². The fraction of sp³-hybridized carbons (Fsp3) is 0.222. The third kappa shape index (κ3) is 1.40. The number of aliphatic hydroxyl groups excluding tert-OH is 1. The van der Waals surface area contributed by atoms with Crippen molar-refractivity contribution in [3.05, 3.63) is 30.2 Å². The van der Waals surface area contributed by atoms with Crippen LogP contribution >= 0.6 is 0 Å². The summed E-state index contributed by atoms with van der Waals surface area (Å²) in [6, 6.07) is 5.35. The number of nitrogens with zero attached hydrogens (tertiary/aromatic N) is 2. The van der Waals surface area contributed by atoms with E-state index in [1.165, 1.54) is 6.07 Å². The Morgan fingerprint density at radius 1 is 1.62 bits per heavy atom. The first-order chi connectivity index (χ1) is 6.31. The Morgan fingerprint density at radius 3 is 3.23 bits per heavy atom. The molecule has 1 aromatic heterocycles. The van der Waals surface area contributed by atoms with Crippen LogP contribution in [0.1, 0.15) is 0 Å². The van der Waals surface area contributed by atoms with E-state index in [9.17, 15) is 4.39 Å². The van der Waals surface area contributed by atoms with Gasteiger partial charge >= 0.3 is 0 Å². The molecule has 0 unspecified atom stereocenters. The summed E-state index contributed by atoms with van der Waals surface area (Å²) in [5.74, 6) is -0.410. The van der Waals surface area contributed by atoms with Gasteiger partial charge in [-0.1, -0.05) is 0 Å². The fourth-order valence-electron chi connectivity index (χ4n) is 1.26. The summed E-state index contributed by atoms with van der Waals surface area (Å²) in [6.45, 7) is 0.379. The quantitative estimate of drug-likeness (QED) is 0.745. The van der Waals surface area contributed by atoms with Crippen LogP contribution in [-0.4, -0.2) is 21.5 Å². The molecule has 0 atom stereocenters. The van der Waals surface area contributed by atoms with Crippen molar-refractivity contribution < 1.29 is 9.50 Å². The molecule has 0 amide bonds. The number of hydrogen-bond acceptors (Lipinski definition) is 2. The summed E-state index contributed by atoms with van der Waals surface area (Å²) in [6.07, 6.45) is 1.63. The lowest BCUT2D eigenvalue weighted by atomic mass is 10.2. The molecule has 0 aliphatic rings. The minimum atomic E-state index is -0.410. The second-order valence-electron chi connectivity index (χ2n) is 2.71. The number of rotatable bonds is 2.